The fourth-order valence-electron chi connectivity index (χ4n) is 0.941. The Morgan fingerprint density at radius 2 is 2.17 bits per heavy atom. The van der Waals surface area contributed by atoms with Crippen LogP contribution in [0.15, 0.2) is 23.1 Å². The van der Waals surface area contributed by atoms with Crippen LogP contribution in [0.25, 0.3) is 0 Å². The van der Waals surface area contributed by atoms with E-state index in [1.807, 2.05) is 25.2 Å². The van der Waals surface area contributed by atoms with Crippen molar-refractivity contribution in [1.29, 1.82) is 0 Å². The van der Waals surface area contributed by atoms with E-state index in [0.29, 0.717) is 0 Å². The zero-order valence-electron chi connectivity index (χ0n) is 6.93. The Balaban J connectivity index is 3.12. The van der Waals surface area contributed by atoms with Crippen molar-refractivity contribution < 1.29 is 4.55 Å². The lowest BCUT2D eigenvalue weighted by atomic mass is 10.3. The lowest BCUT2D eigenvalue weighted by molar-refractivity contribution is 0.601. The molecule has 12 heavy (non-hydrogen) atoms. The van der Waals surface area contributed by atoms with Crippen molar-refractivity contribution in [2.45, 2.75) is 4.90 Å². The fraction of sp³-hybridized carbons (Fsp3) is 0.250. The van der Waals surface area contributed by atoms with Crippen LogP contribution in [-0.2, 0) is 11.2 Å². The molecule has 0 spiro atoms. The first kappa shape index (κ1) is 10.1. The Hall–Kier alpha value is 0.0600. The van der Waals surface area contributed by atoms with Gasteiger partial charge in [0.15, 0.2) is 4.90 Å². The molecule has 1 atom stereocenters. The average molecular weight is 295 g/mol. The quantitative estimate of drug-likeness (QED) is 0.669. The van der Waals surface area contributed by atoms with Crippen LogP contribution >= 0.6 is 22.6 Å². The second-order valence-corrected chi connectivity index (χ2v) is 4.94. The van der Waals surface area contributed by atoms with Crippen LogP contribution in [0.5, 0.6) is 0 Å². The minimum absolute atomic E-state index is 0.865. The predicted molar refractivity (Wildman–Crippen MR) is 61.0 cm³/mol. The largest absolute Gasteiger partial charge is 0.612 e. The molecule has 0 saturated carbocycles. The molecule has 1 aromatic carbocycles. The SMILES string of the molecule is CNc1ccc(I)cc1[S+](C)[O-]. The normalized spacial score (nSPS) is 12.7. The van der Waals surface area contributed by atoms with Crippen LogP contribution in [0.4, 0.5) is 5.69 Å². The molecule has 1 rings (SSSR count). The summed E-state index contributed by atoms with van der Waals surface area (Å²) in [6.07, 6.45) is 1.69. The summed E-state index contributed by atoms with van der Waals surface area (Å²) in [4.78, 5) is 0.865. The molecule has 4 heteroatoms. The van der Waals surface area contributed by atoms with Gasteiger partial charge in [0.25, 0.3) is 0 Å². The zero-order valence-corrected chi connectivity index (χ0v) is 9.90. The summed E-state index contributed by atoms with van der Waals surface area (Å²) in [5, 5.41) is 3.01. The Kier molecular flexibility index (Phi) is 3.67. The molecule has 1 unspecified atom stereocenters. The summed E-state index contributed by atoms with van der Waals surface area (Å²) in [6, 6.07) is 5.86. The lowest BCUT2D eigenvalue weighted by Crippen LogP contribution is -2.02. The number of anilines is 1. The van der Waals surface area contributed by atoms with Gasteiger partial charge >= 0.3 is 0 Å². The molecule has 66 valence electrons. The Bertz CT molecular complexity index is 278. The van der Waals surface area contributed by atoms with E-state index in [2.05, 4.69) is 27.9 Å². The van der Waals surface area contributed by atoms with E-state index in [9.17, 15) is 4.55 Å². The fourth-order valence-corrected chi connectivity index (χ4v) is 2.42. The maximum atomic E-state index is 11.2. The molecule has 1 aromatic rings. The summed E-state index contributed by atoms with van der Waals surface area (Å²) in [5.74, 6) is 0. The van der Waals surface area contributed by atoms with E-state index in [0.717, 1.165) is 14.2 Å². The first-order chi connectivity index (χ1) is 5.65. The average Bonchev–Trinajstić information content (AvgIpc) is 2.04. The molecule has 1 N–H and O–H groups in total. The Labute approximate surface area is 89.1 Å². The van der Waals surface area contributed by atoms with Crippen LogP contribution in [0.1, 0.15) is 0 Å². The number of rotatable bonds is 2. The van der Waals surface area contributed by atoms with Gasteiger partial charge in [0, 0.05) is 16.7 Å². The number of nitrogens with one attached hydrogen (secondary N) is 1. The van der Waals surface area contributed by atoms with Crippen molar-refractivity contribution in [1.82, 2.24) is 0 Å². The van der Waals surface area contributed by atoms with Gasteiger partial charge in [0.05, 0.1) is 5.69 Å². The molecule has 0 bridgehead atoms. The monoisotopic (exact) mass is 295 g/mol. The summed E-state index contributed by atoms with van der Waals surface area (Å²) >= 11 is 1.29. The van der Waals surface area contributed by atoms with Crippen LogP contribution in [-0.4, -0.2) is 17.9 Å². The molecule has 0 radical (unpaired) electrons. The molecule has 2 nitrogen and oxygen atoms in total. The van der Waals surface area contributed by atoms with Crippen LogP contribution in [0.3, 0.4) is 0 Å². The van der Waals surface area contributed by atoms with Crippen LogP contribution < -0.4 is 5.32 Å². The highest BCUT2D eigenvalue weighted by Gasteiger charge is 2.10. The van der Waals surface area contributed by atoms with E-state index in [4.69, 9.17) is 0 Å². The van der Waals surface area contributed by atoms with Crippen molar-refractivity contribution in [3.63, 3.8) is 0 Å². The third kappa shape index (κ3) is 2.27. The van der Waals surface area contributed by atoms with Crippen molar-refractivity contribution in [3.8, 4) is 0 Å². The van der Waals surface area contributed by atoms with Gasteiger partial charge in [-0.25, -0.2) is 0 Å². The predicted octanol–water partition coefficient (Wildman–Crippen LogP) is 2.07. The van der Waals surface area contributed by atoms with Gasteiger partial charge in [0.1, 0.15) is 6.26 Å². The van der Waals surface area contributed by atoms with Gasteiger partial charge in [-0.1, -0.05) is 0 Å². The smallest absolute Gasteiger partial charge is 0.176 e. The highest BCUT2D eigenvalue weighted by atomic mass is 127. The van der Waals surface area contributed by atoms with Gasteiger partial charge in [-0.3, -0.25) is 0 Å². The Morgan fingerprint density at radius 1 is 1.50 bits per heavy atom. The second kappa shape index (κ2) is 4.34. The summed E-state index contributed by atoms with van der Waals surface area (Å²) in [6.45, 7) is 0. The first-order valence-electron chi connectivity index (χ1n) is 3.46. The highest BCUT2D eigenvalue weighted by Crippen LogP contribution is 2.22. The minimum Gasteiger partial charge on any atom is -0.612 e. The molecular weight excluding hydrogens is 285 g/mol. The molecule has 0 aliphatic rings. The van der Waals surface area contributed by atoms with Crippen molar-refractivity contribution >= 4 is 39.5 Å². The van der Waals surface area contributed by atoms with E-state index in [1.165, 1.54) is 0 Å². The van der Waals surface area contributed by atoms with Gasteiger partial charge in [0.2, 0.25) is 0 Å². The van der Waals surface area contributed by atoms with Gasteiger partial charge in [-0.05, 0) is 45.9 Å². The lowest BCUT2D eigenvalue weighted by Gasteiger charge is -2.09. The molecule has 0 aliphatic heterocycles. The van der Waals surface area contributed by atoms with Crippen LogP contribution in [0.2, 0.25) is 0 Å². The van der Waals surface area contributed by atoms with Gasteiger partial charge < -0.3 is 9.87 Å². The maximum absolute atomic E-state index is 11.2. The van der Waals surface area contributed by atoms with Crippen molar-refractivity contribution in [2.75, 3.05) is 18.6 Å². The standard InChI is InChI=1S/C8H10INOS/c1-10-7-4-3-6(9)5-8(7)12(2)11/h3-5,10H,1-2H3. The molecule has 0 amide bonds. The Morgan fingerprint density at radius 3 is 2.67 bits per heavy atom. The third-order valence-electron chi connectivity index (χ3n) is 1.52. The molecule has 0 fully saturated rings. The number of halogens is 1. The summed E-state index contributed by atoms with van der Waals surface area (Å²) in [7, 11) is 1.83. The number of hydrogen-bond donors (Lipinski definition) is 1. The van der Waals surface area contributed by atoms with Gasteiger partial charge in [-0.2, -0.15) is 0 Å². The molecule has 0 aromatic heterocycles. The molecule has 0 saturated heterocycles. The maximum Gasteiger partial charge on any atom is 0.176 e. The van der Waals surface area contributed by atoms with E-state index < -0.39 is 11.2 Å². The summed E-state index contributed by atoms with van der Waals surface area (Å²) in [5.41, 5.74) is 0.941. The zero-order chi connectivity index (χ0) is 9.14. The van der Waals surface area contributed by atoms with Crippen molar-refractivity contribution in [2.24, 2.45) is 0 Å². The molecular formula is C8H10INOS. The molecule has 0 heterocycles. The highest BCUT2D eigenvalue weighted by molar-refractivity contribution is 14.1. The van der Waals surface area contributed by atoms with Gasteiger partial charge in [-0.15, -0.1) is 0 Å². The number of benzene rings is 1. The third-order valence-corrected chi connectivity index (χ3v) is 3.15. The second-order valence-electron chi connectivity index (χ2n) is 2.34. The number of hydrogen-bond acceptors (Lipinski definition) is 2. The van der Waals surface area contributed by atoms with Crippen LogP contribution in [0, 0.1) is 3.57 Å². The van der Waals surface area contributed by atoms with Crippen molar-refractivity contribution in [3.05, 3.63) is 21.8 Å². The summed E-state index contributed by atoms with van der Waals surface area (Å²) < 4.78 is 12.4. The minimum atomic E-state index is -0.918. The van der Waals surface area contributed by atoms with E-state index >= 15 is 0 Å². The van der Waals surface area contributed by atoms with E-state index in [1.54, 1.807) is 6.26 Å². The molecule has 0 aliphatic carbocycles. The topological polar surface area (TPSA) is 35.1 Å². The first-order valence-corrected chi connectivity index (χ1v) is 6.09. The van der Waals surface area contributed by atoms with E-state index in [-0.39, 0.29) is 0 Å².